The number of hydrogen-bond acceptors (Lipinski definition) is 5. The summed E-state index contributed by atoms with van der Waals surface area (Å²) < 4.78 is 0. The zero-order valence-corrected chi connectivity index (χ0v) is 13.0. The van der Waals surface area contributed by atoms with Crippen LogP contribution in [-0.4, -0.2) is 37.0 Å². The van der Waals surface area contributed by atoms with Gasteiger partial charge in [0.15, 0.2) is 0 Å². The van der Waals surface area contributed by atoms with Gasteiger partial charge in [-0.3, -0.25) is 5.43 Å². The maximum absolute atomic E-state index is 6.06. The molecule has 2 rings (SSSR count). The molecule has 0 aliphatic carbocycles. The fourth-order valence-corrected chi connectivity index (χ4v) is 2.01. The van der Waals surface area contributed by atoms with Gasteiger partial charge in [0.2, 0.25) is 5.96 Å². The second-order valence-corrected chi connectivity index (χ2v) is 5.25. The molecule has 0 saturated heterocycles. The van der Waals surface area contributed by atoms with Crippen molar-refractivity contribution in [2.75, 3.05) is 20.3 Å². The van der Waals surface area contributed by atoms with E-state index in [1.165, 1.54) is 0 Å². The number of aliphatic imine (C=N–C) groups is 2. The maximum atomic E-state index is 6.06. The van der Waals surface area contributed by atoms with Crippen LogP contribution in [0.1, 0.15) is 18.9 Å². The Kier molecular flexibility index (Phi) is 5.23. The number of benzene rings is 1. The Labute approximate surface area is 128 Å². The summed E-state index contributed by atoms with van der Waals surface area (Å²) in [5.74, 6) is 1.37. The smallest absolute Gasteiger partial charge is 0.236 e. The molecule has 1 aliphatic rings. The predicted octanol–water partition coefficient (Wildman–Crippen LogP) is 2.50. The molecule has 108 valence electrons. The lowest BCUT2D eigenvalue weighted by Crippen LogP contribution is -2.42. The molecule has 0 amide bonds. The van der Waals surface area contributed by atoms with Gasteiger partial charge in [-0.2, -0.15) is 4.99 Å². The van der Waals surface area contributed by atoms with Crippen LogP contribution in [0.5, 0.6) is 0 Å². The van der Waals surface area contributed by atoms with E-state index >= 15 is 0 Å². The van der Waals surface area contributed by atoms with Crippen molar-refractivity contribution >= 4 is 35.0 Å². The second kappa shape index (κ2) is 6.92. The third-order valence-corrected chi connectivity index (χ3v) is 3.50. The van der Waals surface area contributed by atoms with Crippen molar-refractivity contribution in [1.29, 1.82) is 0 Å². The molecule has 2 N–H and O–H groups in total. The molecule has 0 radical (unpaired) electrons. The zero-order chi connectivity index (χ0) is 14.5. The molecule has 1 aliphatic heterocycles. The van der Waals surface area contributed by atoms with Crippen molar-refractivity contribution in [1.82, 2.24) is 15.8 Å². The largest absolute Gasteiger partial charge is 0.339 e. The van der Waals surface area contributed by atoms with Crippen molar-refractivity contribution < 1.29 is 0 Å². The van der Waals surface area contributed by atoms with E-state index in [1.807, 2.05) is 24.1 Å². The standard InChI is InChI=1S/C13H17Cl2N5/c1-3-6-17-19-13-16-8-20(2)12(18-13)9-4-5-10(14)11(15)7-9/h4-5,7,17H,3,6,8H2,1-2H3,(H,16,19). The molecule has 0 unspecified atom stereocenters. The Hall–Kier alpha value is -1.30. The van der Waals surface area contributed by atoms with E-state index < -0.39 is 0 Å². The number of halogens is 2. The van der Waals surface area contributed by atoms with Gasteiger partial charge in [0.1, 0.15) is 12.5 Å². The normalized spacial score (nSPS) is 14.9. The number of hydrogen-bond donors (Lipinski definition) is 2. The molecule has 1 heterocycles. The first-order valence-corrected chi connectivity index (χ1v) is 7.16. The minimum Gasteiger partial charge on any atom is -0.339 e. The Morgan fingerprint density at radius 1 is 1.30 bits per heavy atom. The van der Waals surface area contributed by atoms with Crippen LogP contribution in [0.25, 0.3) is 0 Å². The zero-order valence-electron chi connectivity index (χ0n) is 11.5. The first-order chi connectivity index (χ1) is 9.61. The molecule has 0 spiro atoms. The van der Waals surface area contributed by atoms with Crippen LogP contribution in [0.2, 0.25) is 10.0 Å². The fraction of sp³-hybridized carbons (Fsp3) is 0.385. The van der Waals surface area contributed by atoms with E-state index in [1.54, 1.807) is 6.07 Å². The van der Waals surface area contributed by atoms with E-state index in [0.29, 0.717) is 22.7 Å². The SMILES string of the molecule is CCCNNC1=NCN(C)C(c2ccc(Cl)c(Cl)c2)=N1. The van der Waals surface area contributed by atoms with Gasteiger partial charge in [-0.25, -0.2) is 10.4 Å². The second-order valence-electron chi connectivity index (χ2n) is 4.44. The maximum Gasteiger partial charge on any atom is 0.236 e. The molecule has 0 atom stereocenters. The molecule has 0 saturated carbocycles. The monoisotopic (exact) mass is 313 g/mol. The predicted molar refractivity (Wildman–Crippen MR) is 84.5 cm³/mol. The first kappa shape index (κ1) is 15.1. The third kappa shape index (κ3) is 3.62. The number of nitrogens with one attached hydrogen (secondary N) is 2. The molecule has 5 nitrogen and oxygen atoms in total. The van der Waals surface area contributed by atoms with Crippen LogP contribution in [0.4, 0.5) is 0 Å². The number of rotatable bonds is 4. The Balaban J connectivity index is 2.19. The molecule has 0 bridgehead atoms. The number of amidine groups is 1. The molecule has 1 aromatic rings. The summed E-state index contributed by atoms with van der Waals surface area (Å²) in [5.41, 5.74) is 6.96. The van der Waals surface area contributed by atoms with Gasteiger partial charge in [-0.1, -0.05) is 30.1 Å². The highest BCUT2D eigenvalue weighted by atomic mass is 35.5. The van der Waals surface area contributed by atoms with E-state index in [4.69, 9.17) is 23.2 Å². The quantitative estimate of drug-likeness (QED) is 0.663. The Morgan fingerprint density at radius 2 is 2.10 bits per heavy atom. The molecular weight excluding hydrogens is 297 g/mol. The van der Waals surface area contributed by atoms with E-state index in [2.05, 4.69) is 27.8 Å². The molecule has 0 fully saturated rings. The Morgan fingerprint density at radius 3 is 2.80 bits per heavy atom. The van der Waals surface area contributed by atoms with Gasteiger partial charge in [0.05, 0.1) is 10.0 Å². The van der Waals surface area contributed by atoms with Crippen molar-refractivity contribution in [2.24, 2.45) is 9.98 Å². The van der Waals surface area contributed by atoms with Crippen LogP contribution in [0.3, 0.4) is 0 Å². The number of hydrazine groups is 1. The fourth-order valence-electron chi connectivity index (χ4n) is 1.72. The van der Waals surface area contributed by atoms with Gasteiger partial charge >= 0.3 is 0 Å². The highest BCUT2D eigenvalue weighted by molar-refractivity contribution is 6.42. The van der Waals surface area contributed by atoms with E-state index in [-0.39, 0.29) is 0 Å². The van der Waals surface area contributed by atoms with Crippen LogP contribution in [0, 0.1) is 0 Å². The number of nitrogens with zero attached hydrogens (tertiary/aromatic N) is 3. The van der Waals surface area contributed by atoms with Crippen molar-refractivity contribution in [3.05, 3.63) is 33.8 Å². The Bertz CT molecular complexity index is 542. The highest BCUT2D eigenvalue weighted by Gasteiger charge is 2.16. The van der Waals surface area contributed by atoms with Crippen LogP contribution >= 0.6 is 23.2 Å². The lowest BCUT2D eigenvalue weighted by Gasteiger charge is -2.24. The summed E-state index contributed by atoms with van der Waals surface area (Å²) in [4.78, 5) is 10.8. The van der Waals surface area contributed by atoms with Gasteiger partial charge in [0.25, 0.3) is 0 Å². The summed E-state index contributed by atoms with van der Waals surface area (Å²) in [5, 5.41) is 1.05. The van der Waals surface area contributed by atoms with Gasteiger partial charge in [0, 0.05) is 19.2 Å². The summed E-state index contributed by atoms with van der Waals surface area (Å²) in [6.07, 6.45) is 1.03. The minimum atomic E-state index is 0.515. The summed E-state index contributed by atoms with van der Waals surface area (Å²) in [6.45, 7) is 3.48. The number of guanidine groups is 1. The topological polar surface area (TPSA) is 52.0 Å². The van der Waals surface area contributed by atoms with Gasteiger partial charge in [-0.05, 0) is 24.6 Å². The lowest BCUT2D eigenvalue weighted by molar-refractivity contribution is 0.509. The average Bonchev–Trinajstić information content (AvgIpc) is 2.44. The van der Waals surface area contributed by atoms with Crippen molar-refractivity contribution in [3.63, 3.8) is 0 Å². The molecule has 1 aromatic carbocycles. The van der Waals surface area contributed by atoms with Gasteiger partial charge < -0.3 is 4.90 Å². The summed E-state index contributed by atoms with van der Waals surface area (Å²) >= 11 is 12.0. The molecular formula is C13H17Cl2N5. The van der Waals surface area contributed by atoms with Crippen molar-refractivity contribution in [2.45, 2.75) is 13.3 Å². The van der Waals surface area contributed by atoms with Gasteiger partial charge in [-0.15, -0.1) is 0 Å². The van der Waals surface area contributed by atoms with Crippen LogP contribution < -0.4 is 10.9 Å². The van der Waals surface area contributed by atoms with Crippen LogP contribution in [0.15, 0.2) is 28.2 Å². The third-order valence-electron chi connectivity index (χ3n) is 2.76. The summed E-state index contributed by atoms with van der Waals surface area (Å²) in [6, 6.07) is 5.47. The lowest BCUT2D eigenvalue weighted by atomic mass is 10.2. The molecule has 7 heteroatoms. The van der Waals surface area contributed by atoms with E-state index in [9.17, 15) is 0 Å². The summed E-state index contributed by atoms with van der Waals surface area (Å²) in [7, 11) is 1.93. The van der Waals surface area contributed by atoms with Crippen LogP contribution in [-0.2, 0) is 0 Å². The average molecular weight is 314 g/mol. The van der Waals surface area contributed by atoms with E-state index in [0.717, 1.165) is 24.4 Å². The first-order valence-electron chi connectivity index (χ1n) is 6.40. The molecule has 0 aromatic heterocycles. The minimum absolute atomic E-state index is 0.515. The molecule has 20 heavy (non-hydrogen) atoms. The highest BCUT2D eigenvalue weighted by Crippen LogP contribution is 2.23. The van der Waals surface area contributed by atoms with Crippen molar-refractivity contribution in [3.8, 4) is 0 Å².